The average Bonchev–Trinajstić information content (AvgIpc) is 2.37. The van der Waals surface area contributed by atoms with Gasteiger partial charge < -0.3 is 5.73 Å². The summed E-state index contributed by atoms with van der Waals surface area (Å²) in [5.41, 5.74) is 5.89. The van der Waals surface area contributed by atoms with Gasteiger partial charge in [0.05, 0.1) is 5.56 Å². The van der Waals surface area contributed by atoms with Crippen LogP contribution in [0.3, 0.4) is 0 Å². The lowest BCUT2D eigenvalue weighted by Gasteiger charge is -2.09. The maximum absolute atomic E-state index is 12.6. The maximum Gasteiger partial charge on any atom is 0.416 e. The van der Waals surface area contributed by atoms with Crippen molar-refractivity contribution in [1.29, 1.82) is 0 Å². The van der Waals surface area contributed by atoms with Crippen LogP contribution in [-0.2, 0) is 12.6 Å². The van der Waals surface area contributed by atoms with E-state index in [1.165, 1.54) is 12.1 Å². The fourth-order valence-electron chi connectivity index (χ4n) is 1.66. The molecule has 0 radical (unpaired) electrons. The summed E-state index contributed by atoms with van der Waals surface area (Å²) in [6.45, 7) is 1.89. The summed E-state index contributed by atoms with van der Waals surface area (Å²) in [5, 5.41) is 0. The standard InChI is InChI=1S/C13H12F3N3/c1-2-10-7-11(17)19-12(18-10)8-4-3-5-9(6-8)13(14,15)16/h3-7H,2H2,1H3,(H2,17,18,19). The third kappa shape index (κ3) is 3.01. The smallest absolute Gasteiger partial charge is 0.384 e. The molecule has 0 unspecified atom stereocenters. The van der Waals surface area contributed by atoms with E-state index < -0.39 is 11.7 Å². The molecule has 2 aromatic rings. The summed E-state index contributed by atoms with van der Waals surface area (Å²) >= 11 is 0. The Hall–Kier alpha value is -2.11. The van der Waals surface area contributed by atoms with Crippen LogP contribution in [0.5, 0.6) is 0 Å². The van der Waals surface area contributed by atoms with Crippen molar-refractivity contribution >= 4 is 5.82 Å². The van der Waals surface area contributed by atoms with Crippen molar-refractivity contribution < 1.29 is 13.2 Å². The Morgan fingerprint density at radius 3 is 2.53 bits per heavy atom. The number of aromatic nitrogens is 2. The summed E-state index contributed by atoms with van der Waals surface area (Å²) in [6, 6.07) is 6.50. The summed E-state index contributed by atoms with van der Waals surface area (Å²) in [5.74, 6) is 0.460. The van der Waals surface area contributed by atoms with Crippen LogP contribution in [0.15, 0.2) is 30.3 Å². The van der Waals surface area contributed by atoms with Gasteiger partial charge in [-0.2, -0.15) is 13.2 Å². The summed E-state index contributed by atoms with van der Waals surface area (Å²) in [4.78, 5) is 8.16. The number of nitrogen functional groups attached to an aromatic ring is 1. The second-order valence-electron chi connectivity index (χ2n) is 4.04. The molecular weight excluding hydrogens is 255 g/mol. The zero-order valence-electron chi connectivity index (χ0n) is 10.2. The largest absolute Gasteiger partial charge is 0.416 e. The molecule has 100 valence electrons. The van der Waals surface area contributed by atoms with Crippen molar-refractivity contribution in [2.45, 2.75) is 19.5 Å². The topological polar surface area (TPSA) is 51.8 Å². The molecule has 3 nitrogen and oxygen atoms in total. The molecule has 2 rings (SSSR count). The minimum absolute atomic E-state index is 0.211. The highest BCUT2D eigenvalue weighted by atomic mass is 19.4. The number of halogens is 3. The molecule has 1 aromatic carbocycles. The highest BCUT2D eigenvalue weighted by Gasteiger charge is 2.30. The van der Waals surface area contributed by atoms with Crippen LogP contribution in [0, 0.1) is 0 Å². The summed E-state index contributed by atoms with van der Waals surface area (Å²) < 4.78 is 37.9. The summed E-state index contributed by atoms with van der Waals surface area (Å²) in [7, 11) is 0. The molecule has 6 heteroatoms. The molecule has 19 heavy (non-hydrogen) atoms. The second kappa shape index (κ2) is 4.87. The zero-order chi connectivity index (χ0) is 14.0. The second-order valence-corrected chi connectivity index (χ2v) is 4.04. The van der Waals surface area contributed by atoms with Crippen molar-refractivity contribution in [3.8, 4) is 11.4 Å². The van der Waals surface area contributed by atoms with E-state index in [2.05, 4.69) is 9.97 Å². The van der Waals surface area contributed by atoms with Crippen LogP contribution in [0.25, 0.3) is 11.4 Å². The summed E-state index contributed by atoms with van der Waals surface area (Å²) in [6.07, 6.45) is -3.75. The van der Waals surface area contributed by atoms with Crippen LogP contribution in [0.2, 0.25) is 0 Å². The number of rotatable bonds is 2. The Morgan fingerprint density at radius 2 is 1.89 bits per heavy atom. The van der Waals surface area contributed by atoms with E-state index in [-0.39, 0.29) is 11.6 Å². The minimum atomic E-state index is -4.38. The lowest BCUT2D eigenvalue weighted by atomic mass is 10.1. The van der Waals surface area contributed by atoms with Crippen LogP contribution in [-0.4, -0.2) is 9.97 Å². The third-order valence-electron chi connectivity index (χ3n) is 2.61. The molecule has 0 saturated carbocycles. The minimum Gasteiger partial charge on any atom is -0.384 e. The van der Waals surface area contributed by atoms with Gasteiger partial charge in [0.15, 0.2) is 5.82 Å². The van der Waals surface area contributed by atoms with E-state index in [1.807, 2.05) is 6.92 Å². The van der Waals surface area contributed by atoms with E-state index in [1.54, 1.807) is 6.07 Å². The van der Waals surface area contributed by atoms with E-state index in [0.717, 1.165) is 12.1 Å². The molecule has 2 N–H and O–H groups in total. The molecule has 1 aromatic heterocycles. The predicted molar refractivity (Wildman–Crippen MR) is 66.3 cm³/mol. The van der Waals surface area contributed by atoms with E-state index >= 15 is 0 Å². The molecule has 0 aliphatic heterocycles. The van der Waals surface area contributed by atoms with Gasteiger partial charge in [-0.05, 0) is 18.6 Å². The molecule has 1 heterocycles. The maximum atomic E-state index is 12.6. The van der Waals surface area contributed by atoms with Crippen LogP contribution < -0.4 is 5.73 Å². The lowest BCUT2D eigenvalue weighted by molar-refractivity contribution is -0.137. The lowest BCUT2D eigenvalue weighted by Crippen LogP contribution is -2.05. The van der Waals surface area contributed by atoms with Gasteiger partial charge in [-0.1, -0.05) is 19.1 Å². The zero-order valence-corrected chi connectivity index (χ0v) is 10.2. The molecule has 0 aliphatic carbocycles. The molecule has 0 saturated heterocycles. The number of nitrogens with zero attached hydrogens (tertiary/aromatic N) is 2. The molecule has 0 amide bonds. The first kappa shape index (κ1) is 13.3. The Balaban J connectivity index is 2.50. The number of benzene rings is 1. The predicted octanol–water partition coefficient (Wildman–Crippen LogP) is 3.31. The van der Waals surface area contributed by atoms with Crippen LogP contribution in [0.4, 0.5) is 19.0 Å². The van der Waals surface area contributed by atoms with Crippen LogP contribution in [0.1, 0.15) is 18.2 Å². The number of anilines is 1. The van der Waals surface area contributed by atoms with E-state index in [0.29, 0.717) is 17.7 Å². The first-order valence-electron chi connectivity index (χ1n) is 5.71. The fourth-order valence-corrected chi connectivity index (χ4v) is 1.66. The van der Waals surface area contributed by atoms with Crippen molar-refractivity contribution in [2.75, 3.05) is 5.73 Å². The van der Waals surface area contributed by atoms with Crippen molar-refractivity contribution in [2.24, 2.45) is 0 Å². The van der Waals surface area contributed by atoms with Gasteiger partial charge in [0.1, 0.15) is 5.82 Å². The van der Waals surface area contributed by atoms with Gasteiger partial charge >= 0.3 is 6.18 Å². The molecule has 0 bridgehead atoms. The molecule has 0 atom stereocenters. The number of alkyl halides is 3. The van der Waals surface area contributed by atoms with Crippen LogP contribution >= 0.6 is 0 Å². The number of aryl methyl sites for hydroxylation is 1. The van der Waals surface area contributed by atoms with E-state index in [9.17, 15) is 13.2 Å². The highest BCUT2D eigenvalue weighted by molar-refractivity contribution is 5.58. The first-order chi connectivity index (χ1) is 8.90. The Bertz CT molecular complexity index is 594. The molecule has 0 fully saturated rings. The van der Waals surface area contributed by atoms with E-state index in [4.69, 9.17) is 5.73 Å². The Morgan fingerprint density at radius 1 is 1.16 bits per heavy atom. The van der Waals surface area contributed by atoms with Gasteiger partial charge in [0.25, 0.3) is 0 Å². The van der Waals surface area contributed by atoms with Crippen molar-refractivity contribution in [1.82, 2.24) is 9.97 Å². The van der Waals surface area contributed by atoms with Gasteiger partial charge in [-0.25, -0.2) is 9.97 Å². The first-order valence-corrected chi connectivity index (χ1v) is 5.71. The normalized spacial score (nSPS) is 11.6. The quantitative estimate of drug-likeness (QED) is 0.908. The molecule has 0 aliphatic rings. The number of hydrogen-bond donors (Lipinski definition) is 1. The Labute approximate surface area is 108 Å². The highest BCUT2D eigenvalue weighted by Crippen LogP contribution is 2.31. The third-order valence-corrected chi connectivity index (χ3v) is 2.61. The van der Waals surface area contributed by atoms with Crippen molar-refractivity contribution in [3.63, 3.8) is 0 Å². The molecule has 0 spiro atoms. The SMILES string of the molecule is CCc1cc(N)nc(-c2cccc(C(F)(F)F)c2)n1. The van der Waals surface area contributed by atoms with Gasteiger partial charge in [-0.15, -0.1) is 0 Å². The van der Waals surface area contributed by atoms with Crippen molar-refractivity contribution in [3.05, 3.63) is 41.6 Å². The van der Waals surface area contributed by atoms with Gasteiger partial charge in [-0.3, -0.25) is 0 Å². The fraction of sp³-hybridized carbons (Fsp3) is 0.231. The number of nitrogens with two attached hydrogens (primary N) is 1. The van der Waals surface area contributed by atoms with Gasteiger partial charge in [0, 0.05) is 17.3 Å². The average molecular weight is 267 g/mol. The monoisotopic (exact) mass is 267 g/mol. The molecular formula is C13H12F3N3. The Kier molecular flexibility index (Phi) is 3.42. The number of hydrogen-bond acceptors (Lipinski definition) is 3. The van der Waals surface area contributed by atoms with Gasteiger partial charge in [0.2, 0.25) is 0 Å².